The van der Waals surface area contributed by atoms with Crippen LogP contribution in [0, 0.1) is 0 Å². The molecule has 0 bridgehead atoms. The van der Waals surface area contributed by atoms with Gasteiger partial charge in [-0.05, 0) is 24.3 Å². The molecule has 0 spiro atoms. The third-order valence-electron chi connectivity index (χ3n) is 2.32. The number of rotatable bonds is 3. The van der Waals surface area contributed by atoms with Crippen LogP contribution < -0.4 is 5.73 Å². The fourth-order valence-corrected chi connectivity index (χ4v) is 1.49. The van der Waals surface area contributed by atoms with Crippen LogP contribution >= 0.6 is 0 Å². The number of carbonyl (C=O) groups is 1. The fourth-order valence-electron chi connectivity index (χ4n) is 1.49. The number of nitrogens with zero attached hydrogens (tertiary/aromatic N) is 2. The zero-order chi connectivity index (χ0) is 12.4. The Balaban J connectivity index is 2.37. The molecule has 4 N–H and O–H groups in total. The van der Waals surface area contributed by atoms with Crippen molar-refractivity contribution in [1.29, 1.82) is 0 Å². The van der Waals surface area contributed by atoms with Gasteiger partial charge in [-0.3, -0.25) is 4.79 Å². The van der Waals surface area contributed by atoms with Crippen molar-refractivity contribution in [2.24, 2.45) is 0 Å². The number of phenols is 1. The predicted octanol–water partition coefficient (Wildman–Crippen LogP) is 0.787. The standard InChI is InChI=1S/C11H11N3O3/c12-11-7(5-10(16)17)6-13-14(11)8-1-3-9(15)4-2-8/h1-4,6,15H,5,12H2,(H,16,17). The summed E-state index contributed by atoms with van der Waals surface area (Å²) in [4.78, 5) is 10.6. The molecule has 0 unspecified atom stereocenters. The molecule has 0 saturated heterocycles. The number of hydrogen-bond donors (Lipinski definition) is 3. The normalized spacial score (nSPS) is 10.4. The zero-order valence-corrected chi connectivity index (χ0v) is 8.87. The van der Waals surface area contributed by atoms with Crippen LogP contribution in [-0.2, 0) is 11.2 Å². The van der Waals surface area contributed by atoms with Crippen molar-refractivity contribution in [3.8, 4) is 11.4 Å². The minimum atomic E-state index is -0.957. The summed E-state index contributed by atoms with van der Waals surface area (Å²) in [6.45, 7) is 0. The molecule has 17 heavy (non-hydrogen) atoms. The monoisotopic (exact) mass is 233 g/mol. The summed E-state index contributed by atoms with van der Waals surface area (Å²) >= 11 is 0. The zero-order valence-electron chi connectivity index (χ0n) is 8.87. The number of hydrogen-bond acceptors (Lipinski definition) is 4. The third kappa shape index (κ3) is 2.20. The molecule has 1 aromatic carbocycles. The van der Waals surface area contributed by atoms with Crippen LogP contribution in [0.5, 0.6) is 5.75 Å². The highest BCUT2D eigenvalue weighted by Crippen LogP contribution is 2.19. The Kier molecular flexibility index (Phi) is 2.70. The van der Waals surface area contributed by atoms with Crippen LogP contribution in [0.1, 0.15) is 5.56 Å². The molecule has 1 heterocycles. The summed E-state index contributed by atoms with van der Waals surface area (Å²) in [7, 11) is 0. The number of benzene rings is 1. The third-order valence-corrected chi connectivity index (χ3v) is 2.32. The van der Waals surface area contributed by atoms with Crippen molar-refractivity contribution in [2.45, 2.75) is 6.42 Å². The lowest BCUT2D eigenvalue weighted by Crippen LogP contribution is -2.05. The first-order chi connectivity index (χ1) is 8.08. The lowest BCUT2D eigenvalue weighted by atomic mass is 10.2. The first-order valence-corrected chi connectivity index (χ1v) is 4.91. The van der Waals surface area contributed by atoms with E-state index < -0.39 is 5.97 Å². The molecule has 0 aliphatic carbocycles. The Bertz CT molecular complexity index is 546. The van der Waals surface area contributed by atoms with E-state index in [9.17, 15) is 4.79 Å². The number of anilines is 1. The maximum atomic E-state index is 10.6. The van der Waals surface area contributed by atoms with E-state index in [0.717, 1.165) is 0 Å². The Hall–Kier alpha value is -2.50. The predicted molar refractivity (Wildman–Crippen MR) is 61.0 cm³/mol. The molecule has 0 aliphatic heterocycles. The fraction of sp³-hybridized carbons (Fsp3) is 0.0909. The van der Waals surface area contributed by atoms with Crippen molar-refractivity contribution in [3.05, 3.63) is 36.0 Å². The highest BCUT2D eigenvalue weighted by Gasteiger charge is 2.11. The van der Waals surface area contributed by atoms with Crippen LogP contribution in [0.3, 0.4) is 0 Å². The van der Waals surface area contributed by atoms with Crippen LogP contribution in [0.4, 0.5) is 5.82 Å². The number of carboxylic acid groups (broad SMARTS) is 1. The van der Waals surface area contributed by atoms with Gasteiger partial charge in [-0.25, -0.2) is 4.68 Å². The number of phenolic OH excluding ortho intramolecular Hbond substituents is 1. The van der Waals surface area contributed by atoms with E-state index in [1.54, 1.807) is 12.1 Å². The molecule has 88 valence electrons. The van der Waals surface area contributed by atoms with E-state index in [-0.39, 0.29) is 18.0 Å². The largest absolute Gasteiger partial charge is 0.508 e. The van der Waals surface area contributed by atoms with Gasteiger partial charge in [0.15, 0.2) is 0 Å². The molecule has 0 atom stereocenters. The summed E-state index contributed by atoms with van der Waals surface area (Å²) < 4.78 is 1.43. The second-order valence-corrected chi connectivity index (χ2v) is 3.55. The van der Waals surface area contributed by atoms with Crippen molar-refractivity contribution in [2.75, 3.05) is 5.73 Å². The van der Waals surface area contributed by atoms with E-state index in [2.05, 4.69) is 5.10 Å². The molecule has 6 heteroatoms. The lowest BCUT2D eigenvalue weighted by molar-refractivity contribution is -0.136. The quantitative estimate of drug-likeness (QED) is 0.727. The molecular formula is C11H11N3O3. The van der Waals surface area contributed by atoms with Gasteiger partial charge >= 0.3 is 5.97 Å². The minimum absolute atomic E-state index is 0.144. The van der Waals surface area contributed by atoms with Gasteiger partial charge in [-0.15, -0.1) is 0 Å². The number of nitrogens with two attached hydrogens (primary N) is 1. The highest BCUT2D eigenvalue weighted by atomic mass is 16.4. The van der Waals surface area contributed by atoms with E-state index in [1.165, 1.54) is 23.0 Å². The number of aromatic nitrogens is 2. The van der Waals surface area contributed by atoms with Crippen LogP contribution in [0.2, 0.25) is 0 Å². The SMILES string of the molecule is Nc1c(CC(=O)O)cnn1-c1ccc(O)cc1. The average Bonchev–Trinajstić information content (AvgIpc) is 2.61. The van der Waals surface area contributed by atoms with Gasteiger partial charge in [0.25, 0.3) is 0 Å². The number of carboxylic acids is 1. The molecule has 0 aliphatic rings. The summed E-state index contributed by atoms with van der Waals surface area (Å²) in [6.07, 6.45) is 1.26. The van der Waals surface area contributed by atoms with Gasteiger partial charge < -0.3 is 15.9 Å². The first kappa shape index (κ1) is 11.0. The Morgan fingerprint density at radius 3 is 2.59 bits per heavy atom. The summed E-state index contributed by atoms with van der Waals surface area (Å²) in [5.74, 6) is -0.523. The second-order valence-electron chi connectivity index (χ2n) is 3.55. The van der Waals surface area contributed by atoms with E-state index in [4.69, 9.17) is 15.9 Å². The molecule has 0 saturated carbocycles. The molecule has 2 rings (SSSR count). The van der Waals surface area contributed by atoms with Gasteiger partial charge in [-0.2, -0.15) is 5.10 Å². The van der Waals surface area contributed by atoms with E-state index in [1.807, 2.05) is 0 Å². The van der Waals surface area contributed by atoms with Crippen molar-refractivity contribution in [3.63, 3.8) is 0 Å². The van der Waals surface area contributed by atoms with Crippen molar-refractivity contribution in [1.82, 2.24) is 9.78 Å². The summed E-state index contributed by atoms with van der Waals surface area (Å²) in [6, 6.07) is 6.30. The number of nitrogen functional groups attached to an aromatic ring is 1. The van der Waals surface area contributed by atoms with Gasteiger partial charge in [0, 0.05) is 5.56 Å². The maximum Gasteiger partial charge on any atom is 0.308 e. The first-order valence-electron chi connectivity index (χ1n) is 4.91. The van der Waals surface area contributed by atoms with Crippen LogP contribution in [0.15, 0.2) is 30.5 Å². The molecule has 0 amide bonds. The molecule has 1 aromatic heterocycles. The van der Waals surface area contributed by atoms with Gasteiger partial charge in [0.2, 0.25) is 0 Å². The van der Waals surface area contributed by atoms with E-state index >= 15 is 0 Å². The maximum absolute atomic E-state index is 10.6. The Labute approximate surface area is 96.9 Å². The van der Waals surface area contributed by atoms with Gasteiger partial charge in [0.05, 0.1) is 18.3 Å². The Morgan fingerprint density at radius 1 is 1.35 bits per heavy atom. The smallest absolute Gasteiger partial charge is 0.308 e. The molecule has 2 aromatic rings. The van der Waals surface area contributed by atoms with Crippen LogP contribution in [0.25, 0.3) is 5.69 Å². The van der Waals surface area contributed by atoms with Crippen LogP contribution in [-0.4, -0.2) is 26.0 Å². The topological polar surface area (TPSA) is 101 Å². The van der Waals surface area contributed by atoms with E-state index in [0.29, 0.717) is 11.3 Å². The lowest BCUT2D eigenvalue weighted by Gasteiger charge is -2.04. The summed E-state index contributed by atoms with van der Waals surface area (Å²) in [5, 5.41) is 21.9. The molecule has 6 nitrogen and oxygen atoms in total. The molecular weight excluding hydrogens is 222 g/mol. The average molecular weight is 233 g/mol. The van der Waals surface area contributed by atoms with Gasteiger partial charge in [0.1, 0.15) is 11.6 Å². The molecule has 0 fully saturated rings. The van der Waals surface area contributed by atoms with Crippen molar-refractivity contribution >= 4 is 11.8 Å². The molecule has 0 radical (unpaired) electrons. The number of aromatic hydroxyl groups is 1. The second kappa shape index (κ2) is 4.17. The number of aliphatic carboxylic acids is 1. The van der Waals surface area contributed by atoms with Crippen molar-refractivity contribution < 1.29 is 15.0 Å². The highest BCUT2D eigenvalue weighted by molar-refractivity contribution is 5.72. The minimum Gasteiger partial charge on any atom is -0.508 e. The Morgan fingerprint density at radius 2 is 2.00 bits per heavy atom. The summed E-state index contributed by atoms with van der Waals surface area (Å²) in [5.41, 5.74) is 6.92. The van der Waals surface area contributed by atoms with Gasteiger partial charge in [-0.1, -0.05) is 0 Å².